The SMILES string of the molecule is COc1cc(F)c(F)cc1C(C)C#N. The molecule has 0 bridgehead atoms. The number of halogens is 2. The van der Waals surface area contributed by atoms with Gasteiger partial charge in [0.25, 0.3) is 0 Å². The smallest absolute Gasteiger partial charge is 0.162 e. The normalized spacial score (nSPS) is 11.9. The molecule has 0 fully saturated rings. The summed E-state index contributed by atoms with van der Waals surface area (Å²) in [5.41, 5.74) is 0.355. The minimum Gasteiger partial charge on any atom is -0.496 e. The van der Waals surface area contributed by atoms with Crippen molar-refractivity contribution in [1.29, 1.82) is 5.26 Å². The molecule has 0 radical (unpaired) electrons. The molecule has 1 atom stereocenters. The van der Waals surface area contributed by atoms with Gasteiger partial charge >= 0.3 is 0 Å². The van der Waals surface area contributed by atoms with Gasteiger partial charge in [-0.3, -0.25) is 0 Å². The molecular formula is C10H9F2NO. The predicted molar refractivity (Wildman–Crippen MR) is 46.9 cm³/mol. The Hall–Kier alpha value is -1.63. The number of hydrogen-bond acceptors (Lipinski definition) is 2. The van der Waals surface area contributed by atoms with Gasteiger partial charge in [0.15, 0.2) is 11.6 Å². The van der Waals surface area contributed by atoms with E-state index in [0.29, 0.717) is 5.56 Å². The van der Waals surface area contributed by atoms with Crippen LogP contribution in [0.5, 0.6) is 5.75 Å². The second-order valence-electron chi connectivity index (χ2n) is 2.86. The monoisotopic (exact) mass is 197 g/mol. The fraction of sp³-hybridized carbons (Fsp3) is 0.300. The Kier molecular flexibility index (Phi) is 3.03. The van der Waals surface area contributed by atoms with Crippen molar-refractivity contribution in [3.8, 4) is 11.8 Å². The van der Waals surface area contributed by atoms with Crippen LogP contribution in [0.25, 0.3) is 0 Å². The second kappa shape index (κ2) is 4.05. The first-order chi connectivity index (χ1) is 6.60. The van der Waals surface area contributed by atoms with E-state index in [1.54, 1.807) is 6.92 Å². The van der Waals surface area contributed by atoms with Crippen molar-refractivity contribution >= 4 is 0 Å². The lowest BCUT2D eigenvalue weighted by atomic mass is 10.0. The molecule has 0 amide bonds. The summed E-state index contributed by atoms with van der Waals surface area (Å²) in [5, 5.41) is 8.65. The van der Waals surface area contributed by atoms with Gasteiger partial charge in [0.1, 0.15) is 5.75 Å². The van der Waals surface area contributed by atoms with E-state index in [9.17, 15) is 8.78 Å². The highest BCUT2D eigenvalue weighted by atomic mass is 19.2. The lowest BCUT2D eigenvalue weighted by Crippen LogP contribution is -1.98. The van der Waals surface area contributed by atoms with Crippen molar-refractivity contribution in [2.75, 3.05) is 7.11 Å². The summed E-state index contributed by atoms with van der Waals surface area (Å²) in [6, 6.07) is 3.86. The molecule has 1 rings (SSSR count). The van der Waals surface area contributed by atoms with Crippen LogP contribution in [-0.2, 0) is 0 Å². The van der Waals surface area contributed by atoms with Gasteiger partial charge in [-0.1, -0.05) is 0 Å². The van der Waals surface area contributed by atoms with E-state index in [1.807, 2.05) is 6.07 Å². The maximum absolute atomic E-state index is 12.9. The summed E-state index contributed by atoms with van der Waals surface area (Å²) in [5.74, 6) is -2.28. The molecular weight excluding hydrogens is 188 g/mol. The summed E-state index contributed by atoms with van der Waals surface area (Å²) < 4.78 is 30.5. The van der Waals surface area contributed by atoms with E-state index in [2.05, 4.69) is 0 Å². The van der Waals surface area contributed by atoms with E-state index in [0.717, 1.165) is 12.1 Å². The van der Waals surface area contributed by atoms with Crippen LogP contribution in [0.3, 0.4) is 0 Å². The fourth-order valence-corrected chi connectivity index (χ4v) is 1.13. The van der Waals surface area contributed by atoms with Gasteiger partial charge in [0.2, 0.25) is 0 Å². The third-order valence-corrected chi connectivity index (χ3v) is 1.93. The van der Waals surface area contributed by atoms with E-state index in [-0.39, 0.29) is 5.75 Å². The molecule has 0 aromatic heterocycles. The molecule has 4 heteroatoms. The second-order valence-corrected chi connectivity index (χ2v) is 2.86. The Bertz CT molecular complexity index is 384. The highest BCUT2D eigenvalue weighted by Gasteiger charge is 2.15. The molecule has 0 saturated heterocycles. The molecule has 2 nitrogen and oxygen atoms in total. The van der Waals surface area contributed by atoms with Gasteiger partial charge in [-0.25, -0.2) is 8.78 Å². The van der Waals surface area contributed by atoms with E-state index < -0.39 is 17.6 Å². The highest BCUT2D eigenvalue weighted by molar-refractivity contribution is 5.39. The van der Waals surface area contributed by atoms with E-state index in [1.165, 1.54) is 7.11 Å². The maximum Gasteiger partial charge on any atom is 0.162 e. The van der Waals surface area contributed by atoms with Crippen molar-refractivity contribution in [2.24, 2.45) is 0 Å². The van der Waals surface area contributed by atoms with E-state index in [4.69, 9.17) is 10.00 Å². The molecule has 0 aliphatic carbocycles. The molecule has 0 N–H and O–H groups in total. The topological polar surface area (TPSA) is 33.0 Å². The molecule has 0 heterocycles. The molecule has 74 valence electrons. The summed E-state index contributed by atoms with van der Waals surface area (Å²) in [6.45, 7) is 1.59. The van der Waals surface area contributed by atoms with Crippen LogP contribution in [0.1, 0.15) is 18.4 Å². The van der Waals surface area contributed by atoms with Gasteiger partial charge in [-0.2, -0.15) is 5.26 Å². The average Bonchev–Trinajstić information content (AvgIpc) is 2.20. The fourth-order valence-electron chi connectivity index (χ4n) is 1.13. The molecule has 14 heavy (non-hydrogen) atoms. The number of rotatable bonds is 2. The molecule has 1 unspecified atom stereocenters. The number of methoxy groups -OCH3 is 1. The first-order valence-corrected chi connectivity index (χ1v) is 4.02. The first-order valence-electron chi connectivity index (χ1n) is 4.02. The zero-order valence-electron chi connectivity index (χ0n) is 7.84. The van der Waals surface area contributed by atoms with Gasteiger partial charge in [0, 0.05) is 11.6 Å². The summed E-state index contributed by atoms with van der Waals surface area (Å²) in [4.78, 5) is 0. The van der Waals surface area contributed by atoms with Crippen molar-refractivity contribution < 1.29 is 13.5 Å². The van der Waals surface area contributed by atoms with Crippen molar-refractivity contribution in [2.45, 2.75) is 12.8 Å². The predicted octanol–water partition coefficient (Wildman–Crippen LogP) is 2.60. The maximum atomic E-state index is 12.9. The van der Waals surface area contributed by atoms with Crippen LogP contribution in [0.2, 0.25) is 0 Å². The minimum absolute atomic E-state index is 0.193. The Morgan fingerprint density at radius 2 is 1.93 bits per heavy atom. The molecule has 0 aliphatic heterocycles. The summed E-state index contributed by atoms with van der Waals surface area (Å²) in [7, 11) is 1.35. The Morgan fingerprint density at radius 3 is 2.43 bits per heavy atom. The largest absolute Gasteiger partial charge is 0.496 e. The number of hydrogen-bond donors (Lipinski definition) is 0. The number of nitrogens with zero attached hydrogens (tertiary/aromatic N) is 1. The number of nitriles is 1. The zero-order chi connectivity index (χ0) is 10.7. The molecule has 0 aliphatic rings. The van der Waals surface area contributed by atoms with Crippen LogP contribution in [0.15, 0.2) is 12.1 Å². The first kappa shape index (κ1) is 10.5. The number of benzene rings is 1. The van der Waals surface area contributed by atoms with Crippen LogP contribution in [0, 0.1) is 23.0 Å². The van der Waals surface area contributed by atoms with Crippen LogP contribution < -0.4 is 4.74 Å². The summed E-state index contributed by atoms with van der Waals surface area (Å²) >= 11 is 0. The Labute approximate surface area is 80.7 Å². The molecule has 1 aromatic carbocycles. The zero-order valence-corrected chi connectivity index (χ0v) is 7.84. The van der Waals surface area contributed by atoms with Crippen molar-refractivity contribution in [3.63, 3.8) is 0 Å². The Morgan fingerprint density at radius 1 is 1.36 bits per heavy atom. The van der Waals surface area contributed by atoms with Crippen molar-refractivity contribution in [1.82, 2.24) is 0 Å². The third-order valence-electron chi connectivity index (χ3n) is 1.93. The molecule has 1 aromatic rings. The average molecular weight is 197 g/mol. The lowest BCUT2D eigenvalue weighted by molar-refractivity contribution is 0.400. The van der Waals surface area contributed by atoms with Crippen LogP contribution in [0.4, 0.5) is 8.78 Å². The standard InChI is InChI=1S/C10H9F2NO/c1-6(5-13)7-3-8(11)9(12)4-10(7)14-2/h3-4,6H,1-2H3. The van der Waals surface area contributed by atoms with Crippen molar-refractivity contribution in [3.05, 3.63) is 29.3 Å². The van der Waals surface area contributed by atoms with Gasteiger partial charge in [0.05, 0.1) is 19.1 Å². The summed E-state index contributed by atoms with van der Waals surface area (Å²) in [6.07, 6.45) is 0. The molecule has 0 spiro atoms. The molecule has 0 saturated carbocycles. The van der Waals surface area contributed by atoms with Gasteiger partial charge in [-0.05, 0) is 13.0 Å². The Balaban J connectivity index is 3.28. The van der Waals surface area contributed by atoms with Gasteiger partial charge < -0.3 is 4.74 Å². The van der Waals surface area contributed by atoms with Gasteiger partial charge in [-0.15, -0.1) is 0 Å². The third kappa shape index (κ3) is 1.82. The van der Waals surface area contributed by atoms with Crippen LogP contribution in [-0.4, -0.2) is 7.11 Å². The highest BCUT2D eigenvalue weighted by Crippen LogP contribution is 2.28. The lowest BCUT2D eigenvalue weighted by Gasteiger charge is -2.10. The minimum atomic E-state index is -0.976. The van der Waals surface area contributed by atoms with Crippen LogP contribution >= 0.6 is 0 Å². The quantitative estimate of drug-likeness (QED) is 0.730. The number of ether oxygens (including phenoxy) is 1. The van der Waals surface area contributed by atoms with E-state index >= 15 is 0 Å².